The van der Waals surface area contributed by atoms with E-state index >= 15 is 0 Å². The fraction of sp³-hybridized carbons (Fsp3) is 0.346. The number of nitrogens with zero attached hydrogens (tertiary/aromatic N) is 5. The number of hydrogen-bond donors (Lipinski definition) is 1. The minimum atomic E-state index is -1.16. The summed E-state index contributed by atoms with van der Waals surface area (Å²) in [4.78, 5) is 25.5. The minimum absolute atomic E-state index is 0.0265. The maximum atomic E-state index is 14.9. The topological polar surface area (TPSA) is 103 Å². The van der Waals surface area contributed by atoms with Gasteiger partial charge < -0.3 is 9.84 Å². The zero-order valence-corrected chi connectivity index (χ0v) is 19.5. The Morgan fingerprint density at radius 1 is 1.14 bits per heavy atom. The molecule has 0 bridgehead atoms. The first-order chi connectivity index (χ1) is 17.4. The van der Waals surface area contributed by atoms with E-state index in [4.69, 9.17) is 9.72 Å². The molecule has 1 saturated carbocycles. The van der Waals surface area contributed by atoms with Crippen molar-refractivity contribution in [3.63, 3.8) is 0 Å². The molecule has 8 nitrogen and oxygen atoms in total. The number of carboxylic acids is 1. The van der Waals surface area contributed by atoms with Crippen molar-refractivity contribution in [2.24, 2.45) is 0 Å². The average molecular weight is 491 g/mol. The largest absolute Gasteiger partial charge is 0.478 e. The van der Waals surface area contributed by atoms with Gasteiger partial charge in [0.25, 0.3) is 0 Å². The van der Waals surface area contributed by atoms with E-state index in [9.17, 15) is 18.7 Å². The Balaban J connectivity index is 1.44. The summed E-state index contributed by atoms with van der Waals surface area (Å²) in [5, 5.41) is 14.4. The zero-order chi connectivity index (χ0) is 25.0. The van der Waals surface area contributed by atoms with Gasteiger partial charge in [0.05, 0.1) is 35.3 Å². The Morgan fingerprint density at radius 2 is 1.97 bits per heavy atom. The molecular weight excluding hydrogens is 468 g/mol. The maximum Gasteiger partial charge on any atom is 0.337 e. The van der Waals surface area contributed by atoms with Crippen LogP contribution in [-0.4, -0.2) is 42.4 Å². The third kappa shape index (κ3) is 4.11. The van der Waals surface area contributed by atoms with E-state index in [1.807, 2.05) is 17.1 Å². The van der Waals surface area contributed by atoms with Crippen LogP contribution in [0.4, 0.5) is 8.78 Å². The fourth-order valence-corrected chi connectivity index (χ4v) is 4.77. The number of ether oxygens (including phenoxy) is 1. The molecular formula is C26H23F2N5O3. The number of carboxylic acid groups (broad SMARTS) is 1. The molecule has 1 aliphatic heterocycles. The summed E-state index contributed by atoms with van der Waals surface area (Å²) in [5.74, 6) is -2.29. The SMILES string of the molecule is Cc1nc2nc([C@H]3CCO[C@@H](c4cnn(C5CC5)c4)C3)nc(-c3ccc(F)cc3F)c2cc1C(=O)O. The summed E-state index contributed by atoms with van der Waals surface area (Å²) < 4.78 is 36.5. The molecule has 0 unspecified atom stereocenters. The van der Waals surface area contributed by atoms with Gasteiger partial charge in [0.15, 0.2) is 5.65 Å². The van der Waals surface area contributed by atoms with Crippen molar-refractivity contribution in [1.82, 2.24) is 24.7 Å². The molecule has 2 fully saturated rings. The monoisotopic (exact) mass is 491 g/mol. The number of hydrogen-bond acceptors (Lipinski definition) is 6. The van der Waals surface area contributed by atoms with Crippen molar-refractivity contribution in [3.05, 3.63) is 70.9 Å². The Kier molecular flexibility index (Phi) is 5.48. The van der Waals surface area contributed by atoms with Crippen LogP contribution in [0.1, 0.15) is 71.2 Å². The molecule has 6 rings (SSSR count). The smallest absolute Gasteiger partial charge is 0.337 e. The first-order valence-electron chi connectivity index (χ1n) is 11.9. The quantitative estimate of drug-likeness (QED) is 0.412. The van der Waals surface area contributed by atoms with Crippen molar-refractivity contribution in [3.8, 4) is 11.3 Å². The Morgan fingerprint density at radius 3 is 2.72 bits per heavy atom. The third-order valence-electron chi connectivity index (χ3n) is 6.87. The molecule has 1 saturated heterocycles. The van der Waals surface area contributed by atoms with Gasteiger partial charge in [-0.25, -0.2) is 28.5 Å². The van der Waals surface area contributed by atoms with Gasteiger partial charge in [0, 0.05) is 41.3 Å². The second-order valence-electron chi connectivity index (χ2n) is 9.42. The van der Waals surface area contributed by atoms with Crippen LogP contribution in [-0.2, 0) is 4.74 Å². The van der Waals surface area contributed by atoms with Crippen molar-refractivity contribution in [2.75, 3.05) is 6.61 Å². The summed E-state index contributed by atoms with van der Waals surface area (Å²) in [6.45, 7) is 2.08. The highest BCUT2D eigenvalue weighted by atomic mass is 19.1. The molecule has 4 heterocycles. The number of aryl methyl sites for hydroxylation is 1. The van der Waals surface area contributed by atoms with Gasteiger partial charge in [-0.15, -0.1) is 0 Å². The van der Waals surface area contributed by atoms with Gasteiger partial charge in [-0.2, -0.15) is 5.10 Å². The number of pyridine rings is 1. The van der Waals surface area contributed by atoms with Crippen molar-refractivity contribution in [2.45, 2.75) is 50.7 Å². The lowest BCUT2D eigenvalue weighted by Gasteiger charge is -2.28. The maximum absolute atomic E-state index is 14.9. The lowest BCUT2D eigenvalue weighted by atomic mass is 9.92. The highest BCUT2D eigenvalue weighted by molar-refractivity contribution is 5.97. The molecule has 10 heteroatoms. The van der Waals surface area contributed by atoms with Crippen LogP contribution in [0.2, 0.25) is 0 Å². The summed E-state index contributed by atoms with van der Waals surface area (Å²) >= 11 is 0. The standard InChI is InChI=1S/C26H23F2N5O3/c1-13-19(26(34)35)10-20-23(18-5-2-16(27)9-21(18)28)31-24(32-25(20)30-13)14-6-7-36-22(8-14)15-11-29-33(12-15)17-3-4-17/h2,5,9-12,14,17,22H,3-4,6-8H2,1H3,(H,34,35)/t14-,22+/m0/s1. The molecule has 0 spiro atoms. The Hall–Kier alpha value is -3.79. The third-order valence-corrected chi connectivity index (χ3v) is 6.87. The van der Waals surface area contributed by atoms with Crippen molar-refractivity contribution in [1.29, 1.82) is 0 Å². The van der Waals surface area contributed by atoms with E-state index in [2.05, 4.69) is 15.1 Å². The fourth-order valence-electron chi connectivity index (χ4n) is 4.77. The van der Waals surface area contributed by atoms with Crippen LogP contribution in [0.3, 0.4) is 0 Å². The second kappa shape index (κ2) is 8.70. The van der Waals surface area contributed by atoms with E-state index in [1.54, 1.807) is 6.92 Å². The van der Waals surface area contributed by atoms with E-state index < -0.39 is 17.6 Å². The number of aromatic nitrogens is 5. The average Bonchev–Trinajstić information content (AvgIpc) is 3.59. The molecule has 1 N–H and O–H groups in total. The number of carbonyl (C=O) groups is 1. The summed E-state index contributed by atoms with van der Waals surface area (Å²) in [6, 6.07) is 5.11. The normalized spacial score (nSPS) is 20.1. The molecule has 36 heavy (non-hydrogen) atoms. The molecule has 0 radical (unpaired) electrons. The highest BCUT2D eigenvalue weighted by Crippen LogP contribution is 2.40. The van der Waals surface area contributed by atoms with Gasteiger partial charge >= 0.3 is 5.97 Å². The first-order valence-corrected chi connectivity index (χ1v) is 11.9. The summed E-state index contributed by atoms with van der Waals surface area (Å²) in [7, 11) is 0. The Bertz CT molecular complexity index is 1500. The second-order valence-corrected chi connectivity index (χ2v) is 9.42. The summed E-state index contributed by atoms with van der Waals surface area (Å²) in [5.41, 5.74) is 1.78. The van der Waals surface area contributed by atoms with Gasteiger partial charge in [0.1, 0.15) is 17.5 Å². The van der Waals surface area contributed by atoms with Crippen LogP contribution >= 0.6 is 0 Å². The zero-order valence-electron chi connectivity index (χ0n) is 19.5. The van der Waals surface area contributed by atoms with Gasteiger partial charge in [0.2, 0.25) is 0 Å². The van der Waals surface area contributed by atoms with Crippen LogP contribution in [0.15, 0.2) is 36.7 Å². The van der Waals surface area contributed by atoms with E-state index in [-0.39, 0.29) is 34.5 Å². The van der Waals surface area contributed by atoms with Gasteiger partial charge in [-0.1, -0.05) is 0 Å². The number of fused-ring (bicyclic) bond motifs is 1. The molecule has 4 aromatic rings. The molecule has 1 aromatic carbocycles. The lowest BCUT2D eigenvalue weighted by Crippen LogP contribution is -2.20. The number of aromatic carboxylic acids is 1. The predicted octanol–water partition coefficient (Wildman–Crippen LogP) is 5.14. The number of benzene rings is 1. The molecule has 1 aliphatic carbocycles. The number of rotatable bonds is 5. The molecule has 184 valence electrons. The molecule has 0 amide bonds. The van der Waals surface area contributed by atoms with E-state index in [0.717, 1.165) is 30.5 Å². The van der Waals surface area contributed by atoms with Gasteiger partial charge in [-0.05, 0) is 50.8 Å². The highest BCUT2D eigenvalue weighted by Gasteiger charge is 2.31. The Labute approximate surface area is 205 Å². The van der Waals surface area contributed by atoms with Crippen LogP contribution in [0, 0.1) is 18.6 Å². The lowest BCUT2D eigenvalue weighted by molar-refractivity contribution is 0.00396. The van der Waals surface area contributed by atoms with Crippen LogP contribution in [0.5, 0.6) is 0 Å². The van der Waals surface area contributed by atoms with Crippen LogP contribution < -0.4 is 0 Å². The number of halogens is 2. The minimum Gasteiger partial charge on any atom is -0.478 e. The van der Waals surface area contributed by atoms with Crippen molar-refractivity contribution < 1.29 is 23.4 Å². The van der Waals surface area contributed by atoms with E-state index in [0.29, 0.717) is 42.4 Å². The molecule has 2 aliphatic rings. The summed E-state index contributed by atoms with van der Waals surface area (Å²) in [6.07, 6.45) is 7.24. The van der Waals surface area contributed by atoms with Crippen LogP contribution in [0.25, 0.3) is 22.3 Å². The van der Waals surface area contributed by atoms with Gasteiger partial charge in [-0.3, -0.25) is 4.68 Å². The van der Waals surface area contributed by atoms with E-state index in [1.165, 1.54) is 12.1 Å². The first kappa shape index (κ1) is 22.7. The molecule has 3 aromatic heterocycles. The van der Waals surface area contributed by atoms with Crippen molar-refractivity contribution >= 4 is 17.0 Å². The molecule has 2 atom stereocenters. The predicted molar refractivity (Wildman–Crippen MR) is 126 cm³/mol.